The second kappa shape index (κ2) is 9.15. The molecule has 4 rings (SSSR count). The number of carbonyl (C=O) groups excluding carboxylic acids is 2. The van der Waals surface area contributed by atoms with Crippen molar-refractivity contribution in [1.29, 1.82) is 0 Å². The van der Waals surface area contributed by atoms with Gasteiger partial charge in [0.2, 0.25) is 11.8 Å². The molecule has 9 heteroatoms. The molecule has 2 heterocycles. The molecule has 0 atom stereocenters. The molecule has 174 valence electrons. The summed E-state index contributed by atoms with van der Waals surface area (Å²) in [6, 6.07) is 13.7. The van der Waals surface area contributed by atoms with Gasteiger partial charge in [-0.2, -0.15) is 5.10 Å². The summed E-state index contributed by atoms with van der Waals surface area (Å²) in [6.07, 6.45) is 0. The fourth-order valence-corrected chi connectivity index (χ4v) is 4.17. The number of hydrogen-bond donors (Lipinski definition) is 2. The lowest BCUT2D eigenvalue weighted by Crippen LogP contribution is -2.29. The van der Waals surface area contributed by atoms with Crippen LogP contribution in [-0.2, 0) is 16.1 Å². The van der Waals surface area contributed by atoms with E-state index in [0.29, 0.717) is 22.0 Å². The van der Waals surface area contributed by atoms with E-state index in [9.17, 15) is 14.4 Å². The molecule has 0 radical (unpaired) electrons. The first-order chi connectivity index (χ1) is 16.2. The Labute approximate surface area is 201 Å². The number of aryl methyl sites for hydroxylation is 2. The zero-order valence-electron chi connectivity index (χ0n) is 19.3. The van der Waals surface area contributed by atoms with Crippen molar-refractivity contribution in [3.63, 3.8) is 0 Å². The van der Waals surface area contributed by atoms with Crippen molar-refractivity contribution < 1.29 is 9.59 Å². The number of pyridine rings is 1. The van der Waals surface area contributed by atoms with E-state index in [1.807, 2.05) is 32.9 Å². The molecular weight excluding hydrogens is 454 g/mol. The zero-order chi connectivity index (χ0) is 24.6. The summed E-state index contributed by atoms with van der Waals surface area (Å²) < 4.78 is 3.10. The van der Waals surface area contributed by atoms with Crippen molar-refractivity contribution in [3.05, 3.63) is 80.7 Å². The maximum atomic E-state index is 13.0. The summed E-state index contributed by atoms with van der Waals surface area (Å²) in [7, 11) is 0. The van der Waals surface area contributed by atoms with Crippen LogP contribution in [0.3, 0.4) is 0 Å². The van der Waals surface area contributed by atoms with Gasteiger partial charge in [-0.1, -0.05) is 17.7 Å². The average Bonchev–Trinajstić information content (AvgIpc) is 3.11. The third-order valence-corrected chi connectivity index (χ3v) is 5.96. The summed E-state index contributed by atoms with van der Waals surface area (Å²) in [5, 5.41) is 11.6. The van der Waals surface area contributed by atoms with Gasteiger partial charge in [0.05, 0.1) is 11.4 Å². The van der Waals surface area contributed by atoms with E-state index in [2.05, 4.69) is 15.7 Å². The summed E-state index contributed by atoms with van der Waals surface area (Å²) in [4.78, 5) is 37.1. The number of rotatable bonds is 5. The molecule has 0 unspecified atom stereocenters. The highest BCUT2D eigenvalue weighted by atomic mass is 35.5. The van der Waals surface area contributed by atoms with Crippen LogP contribution in [0.5, 0.6) is 0 Å². The van der Waals surface area contributed by atoms with Crippen molar-refractivity contribution in [1.82, 2.24) is 14.3 Å². The number of aromatic nitrogens is 3. The predicted octanol–water partition coefficient (Wildman–Crippen LogP) is 4.36. The molecule has 8 nitrogen and oxygen atoms in total. The molecule has 0 fully saturated rings. The number of hydrogen-bond acceptors (Lipinski definition) is 4. The Balaban J connectivity index is 1.74. The Morgan fingerprint density at radius 3 is 2.29 bits per heavy atom. The van der Waals surface area contributed by atoms with Crippen LogP contribution in [0.4, 0.5) is 11.4 Å². The molecular formula is C25H24ClN5O3. The minimum Gasteiger partial charge on any atom is -0.326 e. The van der Waals surface area contributed by atoms with Crippen LogP contribution in [-0.4, -0.2) is 26.2 Å². The van der Waals surface area contributed by atoms with Crippen LogP contribution in [0.2, 0.25) is 5.02 Å². The Morgan fingerprint density at radius 2 is 1.65 bits per heavy atom. The van der Waals surface area contributed by atoms with Gasteiger partial charge < -0.3 is 10.6 Å². The maximum absolute atomic E-state index is 13.0. The molecule has 0 aliphatic carbocycles. The van der Waals surface area contributed by atoms with Gasteiger partial charge in [-0.15, -0.1) is 0 Å². The third-order valence-electron chi connectivity index (χ3n) is 5.55. The summed E-state index contributed by atoms with van der Waals surface area (Å²) in [5.74, 6) is -0.547. The normalized spacial score (nSPS) is 11.0. The zero-order valence-corrected chi connectivity index (χ0v) is 20.0. The van der Waals surface area contributed by atoms with E-state index in [1.54, 1.807) is 35.0 Å². The monoisotopic (exact) mass is 477 g/mol. The van der Waals surface area contributed by atoms with Crippen molar-refractivity contribution in [2.75, 3.05) is 10.6 Å². The quantitative estimate of drug-likeness (QED) is 0.446. The van der Waals surface area contributed by atoms with E-state index in [-0.39, 0.29) is 23.9 Å². The fourth-order valence-electron chi connectivity index (χ4n) is 4.00. The molecule has 0 spiro atoms. The molecule has 0 bridgehead atoms. The molecule has 2 aromatic heterocycles. The van der Waals surface area contributed by atoms with E-state index in [0.717, 1.165) is 27.9 Å². The van der Waals surface area contributed by atoms with Crippen LogP contribution in [0.15, 0.2) is 53.3 Å². The highest BCUT2D eigenvalue weighted by Gasteiger charge is 2.20. The Bertz CT molecular complexity index is 1490. The number of carbonyl (C=O) groups is 2. The van der Waals surface area contributed by atoms with Gasteiger partial charge in [-0.25, -0.2) is 4.68 Å². The highest BCUT2D eigenvalue weighted by molar-refractivity contribution is 6.31. The van der Waals surface area contributed by atoms with Crippen molar-refractivity contribution in [2.45, 2.75) is 34.2 Å². The number of nitrogens with zero attached hydrogens (tertiary/aromatic N) is 3. The number of nitrogens with one attached hydrogen (secondary N) is 2. The van der Waals surface area contributed by atoms with Gasteiger partial charge in [0.15, 0.2) is 0 Å². The maximum Gasteiger partial charge on any atom is 0.252 e. The molecule has 2 N–H and O–H groups in total. The van der Waals surface area contributed by atoms with Crippen LogP contribution in [0, 0.1) is 20.8 Å². The van der Waals surface area contributed by atoms with Gasteiger partial charge in [-0.3, -0.25) is 19.0 Å². The first-order valence-electron chi connectivity index (χ1n) is 10.7. The molecule has 0 saturated carbocycles. The molecule has 4 aromatic rings. The first-order valence-corrected chi connectivity index (χ1v) is 11.1. The topological polar surface area (TPSA) is 98.0 Å². The Morgan fingerprint density at radius 1 is 1.00 bits per heavy atom. The van der Waals surface area contributed by atoms with E-state index in [4.69, 9.17) is 11.6 Å². The van der Waals surface area contributed by atoms with Crippen LogP contribution >= 0.6 is 11.6 Å². The minimum absolute atomic E-state index is 0.179. The van der Waals surface area contributed by atoms with Gasteiger partial charge in [-0.05, 0) is 68.3 Å². The molecule has 2 amide bonds. The Kier molecular flexibility index (Phi) is 6.26. The molecule has 0 aliphatic rings. The number of halogens is 1. The number of fused-ring (bicyclic) bond motifs is 1. The second-order valence-electron chi connectivity index (χ2n) is 8.14. The summed E-state index contributed by atoms with van der Waals surface area (Å²) >= 11 is 6.34. The van der Waals surface area contributed by atoms with E-state index >= 15 is 0 Å². The summed E-state index contributed by atoms with van der Waals surface area (Å²) in [6.45, 7) is 6.84. The van der Waals surface area contributed by atoms with Crippen molar-refractivity contribution in [2.24, 2.45) is 0 Å². The Hall–Kier alpha value is -3.91. The molecule has 0 aliphatic heterocycles. The van der Waals surface area contributed by atoms with Gasteiger partial charge >= 0.3 is 0 Å². The van der Waals surface area contributed by atoms with Crippen LogP contribution in [0.1, 0.15) is 23.7 Å². The van der Waals surface area contributed by atoms with E-state index < -0.39 is 0 Å². The first kappa shape index (κ1) is 23.3. The fraction of sp³-hybridized carbons (Fsp3) is 0.200. The predicted molar refractivity (Wildman–Crippen MR) is 134 cm³/mol. The van der Waals surface area contributed by atoms with Crippen molar-refractivity contribution in [3.8, 4) is 5.69 Å². The minimum atomic E-state index is -0.368. The lowest BCUT2D eigenvalue weighted by molar-refractivity contribution is -0.117. The smallest absolute Gasteiger partial charge is 0.252 e. The molecule has 34 heavy (non-hydrogen) atoms. The van der Waals surface area contributed by atoms with E-state index in [1.165, 1.54) is 17.6 Å². The average molecular weight is 478 g/mol. The van der Waals surface area contributed by atoms with Gasteiger partial charge in [0, 0.05) is 34.8 Å². The number of amides is 2. The lowest BCUT2D eigenvalue weighted by Gasteiger charge is -2.14. The van der Waals surface area contributed by atoms with Gasteiger partial charge in [0.1, 0.15) is 12.2 Å². The van der Waals surface area contributed by atoms with Crippen molar-refractivity contribution >= 4 is 45.8 Å². The standard InChI is InChI=1S/C25H24ClN5O3/c1-14-12-23(34)30(13-22(33)28-19-10-8-18(9-11-19)27-17(4)32)25-24(14)16(3)29-31(25)21-7-5-6-20(26)15(21)2/h5-12H,13H2,1-4H3,(H,27,32)(H,28,33). The molecule has 0 saturated heterocycles. The number of anilines is 2. The third kappa shape index (κ3) is 4.45. The highest BCUT2D eigenvalue weighted by Crippen LogP contribution is 2.28. The van der Waals surface area contributed by atoms with Gasteiger partial charge in [0.25, 0.3) is 5.56 Å². The largest absolute Gasteiger partial charge is 0.326 e. The molecule has 2 aromatic carbocycles. The summed E-state index contributed by atoms with van der Waals surface area (Å²) in [5.41, 5.74) is 4.48. The van der Waals surface area contributed by atoms with Crippen LogP contribution in [0.25, 0.3) is 16.7 Å². The van der Waals surface area contributed by atoms with Crippen LogP contribution < -0.4 is 16.2 Å². The lowest BCUT2D eigenvalue weighted by atomic mass is 10.1. The second-order valence-corrected chi connectivity index (χ2v) is 8.55. The number of benzene rings is 2. The SMILES string of the molecule is CC(=O)Nc1ccc(NC(=O)Cn2c(=O)cc(C)c3c(C)nn(-c4cccc(Cl)c4C)c32)cc1.